The highest BCUT2D eigenvalue weighted by atomic mass is 16.5. The minimum Gasteiger partial charge on any atom is -0.496 e. The molecule has 0 aliphatic carbocycles. The van der Waals surface area contributed by atoms with E-state index >= 15 is 0 Å². The molecule has 0 amide bonds. The second-order valence-corrected chi connectivity index (χ2v) is 4.67. The zero-order valence-electron chi connectivity index (χ0n) is 11.8. The Bertz CT molecular complexity index is 550. The van der Waals surface area contributed by atoms with Crippen molar-refractivity contribution in [3.63, 3.8) is 0 Å². The van der Waals surface area contributed by atoms with Crippen LogP contribution in [0, 0.1) is 0 Å². The first-order valence-corrected chi connectivity index (χ1v) is 6.35. The highest BCUT2D eigenvalue weighted by Crippen LogP contribution is 2.31. The molecule has 100 valence electrons. The summed E-state index contributed by atoms with van der Waals surface area (Å²) in [6, 6.07) is 10.0. The van der Waals surface area contributed by atoms with Gasteiger partial charge in [-0.05, 0) is 35.7 Å². The number of hydrogen-bond acceptors (Lipinski definition) is 4. The van der Waals surface area contributed by atoms with Crippen LogP contribution >= 0.6 is 0 Å². The smallest absolute Gasteiger partial charge is 0.148 e. The maximum atomic E-state index is 5.41. The molecule has 0 unspecified atom stereocenters. The van der Waals surface area contributed by atoms with Crippen molar-refractivity contribution in [2.75, 3.05) is 19.5 Å². The van der Waals surface area contributed by atoms with E-state index in [1.807, 2.05) is 25.2 Å². The highest BCUT2D eigenvalue weighted by molar-refractivity contribution is 5.68. The number of anilines is 1. The minimum atomic E-state index is 0.467. The molecular weight excluding hydrogens is 238 g/mol. The SMILES string of the molecule is CNc1ccc(-c2cc(C(C)C)ccc2OC)nn1. The van der Waals surface area contributed by atoms with E-state index in [9.17, 15) is 0 Å². The number of hydrogen-bond donors (Lipinski definition) is 1. The van der Waals surface area contributed by atoms with Gasteiger partial charge in [-0.3, -0.25) is 0 Å². The normalized spacial score (nSPS) is 10.6. The fourth-order valence-corrected chi connectivity index (χ4v) is 1.89. The van der Waals surface area contributed by atoms with Crippen molar-refractivity contribution in [3.05, 3.63) is 35.9 Å². The lowest BCUT2D eigenvalue weighted by Gasteiger charge is -2.12. The molecule has 0 aliphatic rings. The first kappa shape index (κ1) is 13.3. The number of aromatic nitrogens is 2. The third kappa shape index (κ3) is 2.84. The van der Waals surface area contributed by atoms with Gasteiger partial charge in [0.1, 0.15) is 11.6 Å². The molecule has 0 saturated carbocycles. The fourth-order valence-electron chi connectivity index (χ4n) is 1.89. The molecule has 0 atom stereocenters. The van der Waals surface area contributed by atoms with E-state index < -0.39 is 0 Å². The quantitative estimate of drug-likeness (QED) is 0.912. The van der Waals surface area contributed by atoms with Gasteiger partial charge in [-0.2, -0.15) is 0 Å². The first-order valence-electron chi connectivity index (χ1n) is 6.35. The van der Waals surface area contributed by atoms with E-state index in [0.717, 1.165) is 22.8 Å². The molecule has 2 aromatic rings. The van der Waals surface area contributed by atoms with E-state index in [4.69, 9.17) is 4.74 Å². The summed E-state index contributed by atoms with van der Waals surface area (Å²) in [4.78, 5) is 0. The van der Waals surface area contributed by atoms with Crippen molar-refractivity contribution in [1.29, 1.82) is 0 Å². The average molecular weight is 257 g/mol. The Kier molecular flexibility index (Phi) is 4.00. The molecule has 2 rings (SSSR count). The van der Waals surface area contributed by atoms with Gasteiger partial charge in [0, 0.05) is 12.6 Å². The third-order valence-electron chi connectivity index (χ3n) is 3.09. The largest absolute Gasteiger partial charge is 0.496 e. The van der Waals surface area contributed by atoms with Crippen molar-refractivity contribution < 1.29 is 4.74 Å². The van der Waals surface area contributed by atoms with Crippen LogP contribution in [0.4, 0.5) is 5.82 Å². The van der Waals surface area contributed by atoms with Crippen LogP contribution in [0.2, 0.25) is 0 Å². The van der Waals surface area contributed by atoms with E-state index in [1.165, 1.54) is 5.56 Å². The lowest BCUT2D eigenvalue weighted by atomic mass is 9.99. The molecule has 0 aliphatic heterocycles. The Balaban J connectivity index is 2.48. The lowest BCUT2D eigenvalue weighted by Crippen LogP contribution is -1.97. The summed E-state index contributed by atoms with van der Waals surface area (Å²) in [6.07, 6.45) is 0. The van der Waals surface area contributed by atoms with Crippen molar-refractivity contribution >= 4 is 5.82 Å². The van der Waals surface area contributed by atoms with Gasteiger partial charge in [0.05, 0.1) is 12.8 Å². The van der Waals surface area contributed by atoms with Crippen LogP contribution in [0.5, 0.6) is 5.75 Å². The van der Waals surface area contributed by atoms with E-state index in [2.05, 4.69) is 41.5 Å². The molecular formula is C15H19N3O. The second-order valence-electron chi connectivity index (χ2n) is 4.67. The molecule has 0 spiro atoms. The summed E-state index contributed by atoms with van der Waals surface area (Å²) in [5.41, 5.74) is 3.05. The Morgan fingerprint density at radius 3 is 2.42 bits per heavy atom. The van der Waals surface area contributed by atoms with Crippen molar-refractivity contribution in [2.24, 2.45) is 0 Å². The molecule has 0 radical (unpaired) electrons. The molecule has 1 heterocycles. The summed E-state index contributed by atoms with van der Waals surface area (Å²) in [6.45, 7) is 4.34. The summed E-state index contributed by atoms with van der Waals surface area (Å²) < 4.78 is 5.41. The van der Waals surface area contributed by atoms with E-state index in [1.54, 1.807) is 7.11 Å². The molecule has 1 aromatic carbocycles. The van der Waals surface area contributed by atoms with Gasteiger partial charge in [-0.15, -0.1) is 10.2 Å². The zero-order valence-corrected chi connectivity index (χ0v) is 11.8. The highest BCUT2D eigenvalue weighted by Gasteiger charge is 2.10. The molecule has 4 heteroatoms. The molecule has 0 saturated heterocycles. The van der Waals surface area contributed by atoms with E-state index in [0.29, 0.717) is 5.92 Å². The van der Waals surface area contributed by atoms with E-state index in [-0.39, 0.29) is 0 Å². The number of ether oxygens (including phenoxy) is 1. The minimum absolute atomic E-state index is 0.467. The number of nitrogens with one attached hydrogen (secondary N) is 1. The number of benzene rings is 1. The standard InChI is InChI=1S/C15H19N3O/c1-10(2)11-5-7-14(19-4)12(9-11)13-6-8-15(16-3)18-17-13/h5-10H,1-4H3,(H,16,18). The molecule has 0 bridgehead atoms. The van der Waals surface area contributed by atoms with Crippen LogP contribution in [-0.2, 0) is 0 Å². The monoisotopic (exact) mass is 257 g/mol. The van der Waals surface area contributed by atoms with Crippen LogP contribution in [-0.4, -0.2) is 24.4 Å². The fraction of sp³-hybridized carbons (Fsp3) is 0.333. The number of rotatable bonds is 4. The summed E-state index contributed by atoms with van der Waals surface area (Å²) in [5, 5.41) is 11.3. The van der Waals surface area contributed by atoms with Crippen LogP contribution < -0.4 is 10.1 Å². The Hall–Kier alpha value is -2.10. The van der Waals surface area contributed by atoms with Crippen molar-refractivity contribution in [1.82, 2.24) is 10.2 Å². The zero-order chi connectivity index (χ0) is 13.8. The third-order valence-corrected chi connectivity index (χ3v) is 3.09. The van der Waals surface area contributed by atoms with Crippen LogP contribution in [0.3, 0.4) is 0 Å². The van der Waals surface area contributed by atoms with Gasteiger partial charge in [-0.1, -0.05) is 19.9 Å². The summed E-state index contributed by atoms with van der Waals surface area (Å²) in [7, 11) is 3.49. The predicted molar refractivity (Wildman–Crippen MR) is 77.7 cm³/mol. The molecule has 1 N–H and O–H groups in total. The topological polar surface area (TPSA) is 47.0 Å². The van der Waals surface area contributed by atoms with Gasteiger partial charge >= 0.3 is 0 Å². The van der Waals surface area contributed by atoms with Gasteiger partial charge in [-0.25, -0.2) is 0 Å². The second kappa shape index (κ2) is 5.69. The molecule has 1 aromatic heterocycles. The van der Waals surface area contributed by atoms with Crippen molar-refractivity contribution in [2.45, 2.75) is 19.8 Å². The van der Waals surface area contributed by atoms with Crippen LogP contribution in [0.1, 0.15) is 25.3 Å². The Morgan fingerprint density at radius 2 is 1.89 bits per heavy atom. The van der Waals surface area contributed by atoms with Gasteiger partial charge in [0.2, 0.25) is 0 Å². The Labute approximate surface area is 113 Å². The van der Waals surface area contributed by atoms with Crippen LogP contribution in [0.25, 0.3) is 11.3 Å². The predicted octanol–water partition coefficient (Wildman–Crippen LogP) is 3.32. The molecule has 0 fully saturated rings. The molecule has 19 heavy (non-hydrogen) atoms. The summed E-state index contributed by atoms with van der Waals surface area (Å²) >= 11 is 0. The first-order chi connectivity index (χ1) is 9.15. The maximum absolute atomic E-state index is 5.41. The maximum Gasteiger partial charge on any atom is 0.148 e. The average Bonchev–Trinajstić information content (AvgIpc) is 2.46. The summed E-state index contributed by atoms with van der Waals surface area (Å²) in [5.74, 6) is 2.04. The van der Waals surface area contributed by atoms with Gasteiger partial charge < -0.3 is 10.1 Å². The van der Waals surface area contributed by atoms with Gasteiger partial charge in [0.15, 0.2) is 0 Å². The van der Waals surface area contributed by atoms with Gasteiger partial charge in [0.25, 0.3) is 0 Å². The molecule has 4 nitrogen and oxygen atoms in total. The number of nitrogens with zero attached hydrogens (tertiary/aromatic N) is 2. The van der Waals surface area contributed by atoms with Crippen molar-refractivity contribution in [3.8, 4) is 17.0 Å². The lowest BCUT2D eigenvalue weighted by molar-refractivity contribution is 0.416. The number of methoxy groups -OCH3 is 1. The van der Waals surface area contributed by atoms with Crippen LogP contribution in [0.15, 0.2) is 30.3 Å². The Morgan fingerprint density at radius 1 is 1.11 bits per heavy atom.